The average molecular weight is 358 g/mol. The Labute approximate surface area is 86.6 Å². The van der Waals surface area contributed by atoms with Gasteiger partial charge in [-0.25, -0.2) is 0 Å². The average Bonchev–Trinajstić information content (AvgIpc) is 1.98. The first kappa shape index (κ1) is 17.1. The third-order valence-electron chi connectivity index (χ3n) is 0.408. The number of hydrogen-bond acceptors (Lipinski definition) is 1. The molecule has 0 spiro atoms. The van der Waals surface area contributed by atoms with Crippen molar-refractivity contribution in [1.82, 2.24) is 0 Å². The molecule has 0 aromatic heterocycles. The van der Waals surface area contributed by atoms with Crippen molar-refractivity contribution < 1.29 is 41.1 Å². The Morgan fingerprint density at radius 3 is 1.22 bits per heavy atom. The van der Waals surface area contributed by atoms with Gasteiger partial charge in [0.15, 0.2) is 0 Å². The SMILES string of the molecule is CCOCC.[Cl][Pd].[Cl][Pd]. The molecular weight excluding hydrogens is 348 g/mol. The van der Waals surface area contributed by atoms with E-state index in [1.807, 2.05) is 13.8 Å². The van der Waals surface area contributed by atoms with E-state index in [0.717, 1.165) is 13.2 Å². The van der Waals surface area contributed by atoms with Gasteiger partial charge in [0.2, 0.25) is 0 Å². The third kappa shape index (κ3) is 40.9. The second-order valence-electron chi connectivity index (χ2n) is 0.781. The predicted octanol–water partition coefficient (Wildman–Crippen LogP) is 2.42. The van der Waals surface area contributed by atoms with E-state index in [4.69, 9.17) is 4.74 Å². The molecule has 0 aliphatic carbocycles. The van der Waals surface area contributed by atoms with Crippen LogP contribution in [-0.4, -0.2) is 13.2 Å². The minimum absolute atomic E-state index is 0.844. The predicted molar refractivity (Wildman–Crippen MR) is 33.9 cm³/mol. The Hall–Kier alpha value is 1.86. The Morgan fingerprint density at radius 2 is 1.22 bits per heavy atom. The van der Waals surface area contributed by atoms with E-state index >= 15 is 0 Å². The van der Waals surface area contributed by atoms with Gasteiger partial charge in [-0.1, -0.05) is 0 Å². The van der Waals surface area contributed by atoms with Gasteiger partial charge >= 0.3 is 55.4 Å². The number of rotatable bonds is 2. The molecule has 0 aliphatic heterocycles. The van der Waals surface area contributed by atoms with Gasteiger partial charge in [0, 0.05) is 13.2 Å². The molecule has 0 fully saturated rings. The molecule has 0 atom stereocenters. The molecule has 0 saturated heterocycles. The first-order valence-corrected chi connectivity index (χ1v) is 6.23. The van der Waals surface area contributed by atoms with Gasteiger partial charge in [0.1, 0.15) is 0 Å². The summed E-state index contributed by atoms with van der Waals surface area (Å²) in [6.07, 6.45) is 0. The van der Waals surface area contributed by atoms with Crippen LogP contribution in [-0.2, 0) is 41.1 Å². The summed E-state index contributed by atoms with van der Waals surface area (Å²) in [4.78, 5) is 0. The zero-order valence-electron chi connectivity index (χ0n) is 5.21. The molecule has 0 aromatic rings. The van der Waals surface area contributed by atoms with Crippen LogP contribution in [0.25, 0.3) is 0 Å². The van der Waals surface area contributed by atoms with Crippen LogP contribution >= 0.6 is 19.1 Å². The first-order valence-electron chi connectivity index (χ1n) is 2.23. The molecule has 66 valence electrons. The first-order chi connectivity index (χ1) is 4.41. The van der Waals surface area contributed by atoms with E-state index in [1.165, 1.54) is 0 Å². The molecule has 0 amide bonds. The zero-order chi connectivity index (χ0) is 8.12. The van der Waals surface area contributed by atoms with Crippen LogP contribution in [0.1, 0.15) is 13.8 Å². The fourth-order valence-corrected chi connectivity index (χ4v) is 0.204. The van der Waals surface area contributed by atoms with Crippen molar-refractivity contribution in [2.75, 3.05) is 13.2 Å². The molecule has 0 aromatic carbocycles. The molecule has 0 N–H and O–H groups in total. The zero-order valence-corrected chi connectivity index (χ0v) is 9.83. The quantitative estimate of drug-likeness (QED) is 0.690. The number of hydrogen-bond donors (Lipinski definition) is 0. The maximum atomic E-state index is 4.83. The summed E-state index contributed by atoms with van der Waals surface area (Å²) in [6.45, 7) is 5.67. The van der Waals surface area contributed by atoms with Crippen LogP contribution in [0.2, 0.25) is 0 Å². The standard InChI is InChI=1S/C4H10O.2ClH.2Pd/c1-3-5-4-2;;;;/h3-4H2,1-2H3;2*1H;;/q;;;2*+1/p-2. The van der Waals surface area contributed by atoms with Crippen LogP contribution in [0.3, 0.4) is 0 Å². The van der Waals surface area contributed by atoms with Crippen molar-refractivity contribution in [3.05, 3.63) is 0 Å². The van der Waals surface area contributed by atoms with Gasteiger partial charge in [-0.2, -0.15) is 0 Å². The summed E-state index contributed by atoms with van der Waals surface area (Å²) in [5.74, 6) is 0. The molecule has 0 rings (SSSR count). The molecule has 9 heavy (non-hydrogen) atoms. The monoisotopic (exact) mass is 356 g/mol. The second kappa shape index (κ2) is 32.8. The molecular formula is C4H10Cl2OPd2. The molecule has 0 heterocycles. The Kier molecular flexibility index (Phi) is 62.2. The van der Waals surface area contributed by atoms with Crippen molar-refractivity contribution in [3.8, 4) is 0 Å². The summed E-state index contributed by atoms with van der Waals surface area (Å²) in [5.41, 5.74) is 0. The summed E-state index contributed by atoms with van der Waals surface area (Å²) in [6, 6.07) is 0. The minimum atomic E-state index is 0.844. The van der Waals surface area contributed by atoms with Crippen molar-refractivity contribution >= 4 is 19.1 Å². The van der Waals surface area contributed by atoms with Crippen molar-refractivity contribution in [2.24, 2.45) is 0 Å². The van der Waals surface area contributed by atoms with Gasteiger partial charge in [-0.3, -0.25) is 0 Å². The van der Waals surface area contributed by atoms with E-state index in [9.17, 15) is 0 Å². The van der Waals surface area contributed by atoms with Crippen LogP contribution in [0.15, 0.2) is 0 Å². The van der Waals surface area contributed by atoms with Crippen molar-refractivity contribution in [2.45, 2.75) is 13.8 Å². The fourth-order valence-electron chi connectivity index (χ4n) is 0.204. The Morgan fingerprint density at radius 1 is 1.00 bits per heavy atom. The second-order valence-corrected chi connectivity index (χ2v) is 0.781. The summed E-state index contributed by atoms with van der Waals surface area (Å²) in [5, 5.41) is 0. The van der Waals surface area contributed by atoms with Gasteiger partial charge < -0.3 is 4.74 Å². The van der Waals surface area contributed by atoms with E-state index in [0.29, 0.717) is 0 Å². The van der Waals surface area contributed by atoms with Gasteiger partial charge in [0.25, 0.3) is 0 Å². The van der Waals surface area contributed by atoms with Crippen LogP contribution in [0.5, 0.6) is 0 Å². The van der Waals surface area contributed by atoms with E-state index in [2.05, 4.69) is 55.4 Å². The van der Waals surface area contributed by atoms with Crippen LogP contribution < -0.4 is 0 Å². The van der Waals surface area contributed by atoms with E-state index in [-0.39, 0.29) is 0 Å². The van der Waals surface area contributed by atoms with E-state index < -0.39 is 0 Å². The summed E-state index contributed by atoms with van der Waals surface area (Å²) in [7, 11) is 8.98. The van der Waals surface area contributed by atoms with Crippen molar-refractivity contribution in [1.29, 1.82) is 0 Å². The van der Waals surface area contributed by atoms with Gasteiger partial charge in [-0.05, 0) is 13.8 Å². The van der Waals surface area contributed by atoms with Crippen LogP contribution in [0.4, 0.5) is 0 Å². The molecule has 1 nitrogen and oxygen atoms in total. The van der Waals surface area contributed by atoms with Gasteiger partial charge in [0.05, 0.1) is 0 Å². The van der Waals surface area contributed by atoms with Crippen molar-refractivity contribution in [3.63, 3.8) is 0 Å². The van der Waals surface area contributed by atoms with Crippen LogP contribution in [0, 0.1) is 0 Å². The molecule has 5 heteroatoms. The topological polar surface area (TPSA) is 9.23 Å². The van der Waals surface area contributed by atoms with Gasteiger partial charge in [-0.15, -0.1) is 0 Å². The normalized spacial score (nSPS) is 6.22. The third-order valence-corrected chi connectivity index (χ3v) is 0.408. The summed E-state index contributed by atoms with van der Waals surface area (Å²) < 4.78 is 4.83. The van der Waals surface area contributed by atoms with E-state index in [1.54, 1.807) is 0 Å². The molecule has 0 radical (unpaired) electrons. The number of ether oxygens (including phenoxy) is 1. The Balaban J connectivity index is -0.0000000771. The molecule has 0 saturated carbocycles. The Bertz CT molecular complexity index is 24.0. The molecule has 0 aliphatic rings. The molecule has 0 unspecified atom stereocenters. The number of halogens is 2. The summed E-state index contributed by atoms with van der Waals surface area (Å²) >= 11 is 4.44. The molecule has 0 bridgehead atoms. The fraction of sp³-hybridized carbons (Fsp3) is 1.00. The maximum absolute atomic E-state index is 4.83.